The normalized spacial score (nSPS) is 21.9. The number of rotatable bonds is 4. The molecule has 2 N–H and O–H groups in total. The van der Waals surface area contributed by atoms with Gasteiger partial charge in [-0.25, -0.2) is 4.79 Å². The lowest BCUT2D eigenvalue weighted by Gasteiger charge is -2.29. The maximum Gasteiger partial charge on any atom is 0.325 e. The molecule has 1 saturated carbocycles. The van der Waals surface area contributed by atoms with Crippen LogP contribution in [0.4, 0.5) is 16.2 Å². The van der Waals surface area contributed by atoms with Crippen LogP contribution in [-0.4, -0.2) is 47.9 Å². The molecule has 1 spiro atoms. The van der Waals surface area contributed by atoms with Crippen molar-refractivity contribution < 1.29 is 14.4 Å². The van der Waals surface area contributed by atoms with E-state index in [-0.39, 0.29) is 18.4 Å². The van der Waals surface area contributed by atoms with Crippen LogP contribution in [0.3, 0.4) is 0 Å². The van der Waals surface area contributed by atoms with Crippen LogP contribution in [-0.2, 0) is 9.59 Å². The Hall–Kier alpha value is -2.57. The monoisotopic (exact) mass is 412 g/mol. The fraction of sp³-hybridized carbons (Fsp3) is 0.609. The second kappa shape index (κ2) is 9.06. The highest BCUT2D eigenvalue weighted by Crippen LogP contribution is 2.32. The highest BCUT2D eigenvalue weighted by Gasteiger charge is 2.50. The molecule has 2 heterocycles. The third-order valence-corrected chi connectivity index (χ3v) is 6.63. The first-order valence-electron chi connectivity index (χ1n) is 11.4. The van der Waals surface area contributed by atoms with E-state index in [0.717, 1.165) is 49.4 Å². The summed E-state index contributed by atoms with van der Waals surface area (Å²) in [5, 5.41) is 5.72. The number of carbonyl (C=O) groups excluding carboxylic acids is 3. The van der Waals surface area contributed by atoms with Crippen LogP contribution in [0.1, 0.15) is 64.2 Å². The van der Waals surface area contributed by atoms with Gasteiger partial charge in [0.2, 0.25) is 5.91 Å². The summed E-state index contributed by atoms with van der Waals surface area (Å²) in [5.41, 5.74) is 1.02. The summed E-state index contributed by atoms with van der Waals surface area (Å²) < 4.78 is 0. The molecule has 1 aliphatic carbocycles. The van der Waals surface area contributed by atoms with Crippen molar-refractivity contribution in [2.24, 2.45) is 0 Å². The Bertz CT molecular complexity index is 778. The topological polar surface area (TPSA) is 81.8 Å². The Balaban J connectivity index is 1.35. The van der Waals surface area contributed by atoms with Crippen LogP contribution in [0.2, 0.25) is 0 Å². The van der Waals surface area contributed by atoms with E-state index in [1.165, 1.54) is 25.7 Å². The van der Waals surface area contributed by atoms with Gasteiger partial charge in [-0.2, -0.15) is 0 Å². The van der Waals surface area contributed by atoms with Crippen molar-refractivity contribution in [1.29, 1.82) is 0 Å². The van der Waals surface area contributed by atoms with Crippen LogP contribution in [0, 0.1) is 0 Å². The van der Waals surface area contributed by atoms with Gasteiger partial charge in [0.1, 0.15) is 12.1 Å². The Kier molecular flexibility index (Phi) is 6.25. The van der Waals surface area contributed by atoms with Gasteiger partial charge in [0.15, 0.2) is 0 Å². The first kappa shape index (κ1) is 20.7. The molecular weight excluding hydrogens is 380 g/mol. The lowest BCUT2D eigenvalue weighted by Crippen LogP contribution is -2.47. The summed E-state index contributed by atoms with van der Waals surface area (Å²) in [5.74, 6) is -0.600. The molecule has 0 unspecified atom stereocenters. The van der Waals surface area contributed by atoms with Gasteiger partial charge < -0.3 is 15.5 Å². The number of piperidine rings is 1. The SMILES string of the molecule is O=C(CN1C(=O)NC2(CCCCCCC2)C1=O)Nc1ccc(N2CCCCC2)cc1. The molecule has 1 aromatic rings. The largest absolute Gasteiger partial charge is 0.372 e. The predicted molar refractivity (Wildman–Crippen MR) is 116 cm³/mol. The van der Waals surface area contributed by atoms with Gasteiger partial charge in [-0.15, -0.1) is 0 Å². The summed E-state index contributed by atoms with van der Waals surface area (Å²) in [6.45, 7) is 1.89. The number of nitrogens with one attached hydrogen (secondary N) is 2. The number of anilines is 2. The second-order valence-corrected chi connectivity index (χ2v) is 8.81. The molecule has 4 rings (SSSR count). The van der Waals surface area contributed by atoms with E-state index < -0.39 is 11.6 Å². The average molecular weight is 413 g/mol. The molecule has 7 heteroatoms. The van der Waals surface area contributed by atoms with E-state index in [4.69, 9.17) is 0 Å². The lowest BCUT2D eigenvalue weighted by atomic mass is 9.84. The summed E-state index contributed by atoms with van der Waals surface area (Å²) >= 11 is 0. The molecule has 0 bridgehead atoms. The smallest absolute Gasteiger partial charge is 0.325 e. The van der Waals surface area contributed by atoms with Crippen molar-refractivity contribution in [3.63, 3.8) is 0 Å². The number of amides is 4. The fourth-order valence-corrected chi connectivity index (χ4v) is 4.92. The number of benzene rings is 1. The van der Waals surface area contributed by atoms with Crippen LogP contribution >= 0.6 is 0 Å². The average Bonchev–Trinajstić information content (AvgIpc) is 2.97. The van der Waals surface area contributed by atoms with Crippen LogP contribution in [0.15, 0.2) is 24.3 Å². The summed E-state index contributed by atoms with van der Waals surface area (Å²) in [4.78, 5) is 41.5. The number of carbonyl (C=O) groups is 3. The maximum absolute atomic E-state index is 13.0. The molecule has 7 nitrogen and oxygen atoms in total. The first-order valence-corrected chi connectivity index (χ1v) is 11.4. The van der Waals surface area contributed by atoms with E-state index in [2.05, 4.69) is 15.5 Å². The van der Waals surface area contributed by atoms with Gasteiger partial charge in [0, 0.05) is 24.5 Å². The third-order valence-electron chi connectivity index (χ3n) is 6.63. The Morgan fingerprint density at radius 1 is 0.900 bits per heavy atom. The molecule has 162 valence electrons. The van der Waals surface area contributed by atoms with Crippen LogP contribution in [0.25, 0.3) is 0 Å². The van der Waals surface area contributed by atoms with Gasteiger partial charge >= 0.3 is 6.03 Å². The summed E-state index contributed by atoms with van der Waals surface area (Å²) in [6, 6.07) is 7.33. The van der Waals surface area contributed by atoms with Crippen molar-refractivity contribution in [3.8, 4) is 0 Å². The molecular formula is C23H32N4O3. The summed E-state index contributed by atoms with van der Waals surface area (Å²) in [7, 11) is 0. The highest BCUT2D eigenvalue weighted by molar-refractivity contribution is 6.10. The van der Waals surface area contributed by atoms with Crippen molar-refractivity contribution in [3.05, 3.63) is 24.3 Å². The number of hydrogen-bond acceptors (Lipinski definition) is 4. The Labute approximate surface area is 178 Å². The van der Waals surface area contributed by atoms with E-state index in [9.17, 15) is 14.4 Å². The third kappa shape index (κ3) is 4.45. The van der Waals surface area contributed by atoms with Crippen molar-refractivity contribution in [1.82, 2.24) is 10.2 Å². The zero-order chi connectivity index (χ0) is 21.0. The zero-order valence-corrected chi connectivity index (χ0v) is 17.6. The molecule has 0 radical (unpaired) electrons. The van der Waals surface area contributed by atoms with Gasteiger partial charge in [0.05, 0.1) is 0 Å². The standard InChI is InChI=1S/C23H32N4O3/c28-20(24-18-9-11-19(12-10-18)26-15-7-4-8-16-26)17-27-21(29)23(25-22(27)30)13-5-2-1-3-6-14-23/h9-12H,1-8,13-17H2,(H,24,28)(H,25,30). The molecule has 0 aromatic heterocycles. The molecule has 4 amide bonds. The quantitative estimate of drug-likeness (QED) is 0.740. The van der Waals surface area contributed by atoms with Crippen LogP contribution < -0.4 is 15.5 Å². The Morgan fingerprint density at radius 2 is 1.50 bits per heavy atom. The molecule has 3 aliphatic rings. The van der Waals surface area contributed by atoms with Gasteiger partial charge in [0.25, 0.3) is 5.91 Å². The predicted octanol–water partition coefficient (Wildman–Crippen LogP) is 3.65. The fourth-order valence-electron chi connectivity index (χ4n) is 4.92. The molecule has 1 aromatic carbocycles. The minimum Gasteiger partial charge on any atom is -0.372 e. The van der Waals surface area contributed by atoms with E-state index in [0.29, 0.717) is 18.5 Å². The van der Waals surface area contributed by atoms with Crippen LogP contribution in [0.5, 0.6) is 0 Å². The van der Waals surface area contributed by atoms with Crippen molar-refractivity contribution in [2.75, 3.05) is 29.9 Å². The van der Waals surface area contributed by atoms with E-state index in [1.54, 1.807) is 0 Å². The van der Waals surface area contributed by atoms with E-state index >= 15 is 0 Å². The van der Waals surface area contributed by atoms with Gasteiger partial charge in [-0.3, -0.25) is 14.5 Å². The lowest BCUT2D eigenvalue weighted by molar-refractivity contribution is -0.134. The van der Waals surface area contributed by atoms with Gasteiger partial charge in [-0.05, 0) is 56.4 Å². The summed E-state index contributed by atoms with van der Waals surface area (Å²) in [6.07, 6.45) is 10.2. The maximum atomic E-state index is 13.0. The van der Waals surface area contributed by atoms with E-state index in [1.807, 2.05) is 24.3 Å². The van der Waals surface area contributed by atoms with Crippen molar-refractivity contribution in [2.45, 2.75) is 69.7 Å². The second-order valence-electron chi connectivity index (χ2n) is 8.81. The molecule has 30 heavy (non-hydrogen) atoms. The Morgan fingerprint density at radius 3 is 2.17 bits per heavy atom. The zero-order valence-electron chi connectivity index (χ0n) is 17.6. The molecule has 2 saturated heterocycles. The van der Waals surface area contributed by atoms with Crippen molar-refractivity contribution >= 4 is 29.2 Å². The number of urea groups is 1. The minimum absolute atomic E-state index is 0.245. The minimum atomic E-state index is -0.812. The molecule has 2 aliphatic heterocycles. The number of nitrogens with zero attached hydrogens (tertiary/aromatic N) is 2. The molecule has 0 atom stereocenters. The number of imide groups is 1. The highest BCUT2D eigenvalue weighted by atomic mass is 16.2. The number of hydrogen-bond donors (Lipinski definition) is 2. The van der Waals surface area contributed by atoms with Gasteiger partial charge in [-0.1, -0.05) is 32.1 Å². The first-order chi connectivity index (χ1) is 14.6. The molecule has 3 fully saturated rings.